The summed E-state index contributed by atoms with van der Waals surface area (Å²) in [6.45, 7) is 5.07. The second-order valence-corrected chi connectivity index (χ2v) is 9.11. The van der Waals surface area contributed by atoms with Gasteiger partial charge in [0.05, 0.1) is 14.7 Å². The molecule has 1 aromatic rings. The Morgan fingerprint density at radius 3 is 2.54 bits per heavy atom. The minimum absolute atomic E-state index is 0.126. The Morgan fingerprint density at radius 1 is 1.38 bits per heavy atom. The number of hydrogen-bond donors (Lipinski definition) is 1. The van der Waals surface area contributed by atoms with Crippen molar-refractivity contribution in [3.8, 4) is 0 Å². The summed E-state index contributed by atoms with van der Waals surface area (Å²) in [4.78, 5) is 13.0. The third-order valence-electron chi connectivity index (χ3n) is 3.39. The summed E-state index contributed by atoms with van der Waals surface area (Å²) in [6.07, 6.45) is 2.11. The Balaban J connectivity index is 2.30. The van der Waals surface area contributed by atoms with Gasteiger partial charge < -0.3 is 4.90 Å². The van der Waals surface area contributed by atoms with Crippen LogP contribution in [0, 0.1) is 10.1 Å². The van der Waals surface area contributed by atoms with Crippen LogP contribution < -0.4 is 4.72 Å². The Morgan fingerprint density at radius 2 is 2.00 bits per heavy atom. The van der Waals surface area contributed by atoms with Crippen molar-refractivity contribution in [1.29, 1.82) is 0 Å². The molecular weight excluding hydrogens is 370 g/mol. The number of benzene rings is 1. The molecule has 10 heteroatoms. The summed E-state index contributed by atoms with van der Waals surface area (Å²) in [5, 5.41) is 11.3. The van der Waals surface area contributed by atoms with Crippen LogP contribution >= 0.6 is 24.0 Å². The standard InChI is InChI=1S/C14H19N3O4S3/c1-10(2)15-24(20,21)11-5-6-13(12(9-11)17(18)19)23-14(22)16-7-3-4-8-16/h5-6,9-10,15H,3-4,7-8H2,1-2H3. The fourth-order valence-corrected chi connectivity index (χ4v) is 4.93. The molecule has 0 radical (unpaired) electrons. The number of rotatable bonds is 5. The molecule has 132 valence electrons. The zero-order valence-electron chi connectivity index (χ0n) is 13.4. The highest BCUT2D eigenvalue weighted by molar-refractivity contribution is 8.23. The number of nitrogens with one attached hydrogen (secondary N) is 1. The van der Waals surface area contributed by atoms with Crippen LogP contribution in [0.3, 0.4) is 0 Å². The van der Waals surface area contributed by atoms with Gasteiger partial charge in [0.15, 0.2) is 0 Å². The highest BCUT2D eigenvalue weighted by atomic mass is 32.2. The monoisotopic (exact) mass is 389 g/mol. The van der Waals surface area contributed by atoms with E-state index in [-0.39, 0.29) is 16.6 Å². The van der Waals surface area contributed by atoms with Crippen LogP contribution in [0.1, 0.15) is 26.7 Å². The summed E-state index contributed by atoms with van der Waals surface area (Å²) in [6, 6.07) is 3.60. The normalized spacial score (nSPS) is 15.0. The van der Waals surface area contributed by atoms with Gasteiger partial charge in [-0.3, -0.25) is 10.1 Å². The average molecular weight is 390 g/mol. The van der Waals surface area contributed by atoms with Gasteiger partial charge >= 0.3 is 0 Å². The summed E-state index contributed by atoms with van der Waals surface area (Å²) >= 11 is 6.47. The molecule has 0 aliphatic carbocycles. The maximum Gasteiger partial charge on any atom is 0.284 e. The molecule has 1 aromatic carbocycles. The third kappa shape index (κ3) is 4.65. The van der Waals surface area contributed by atoms with E-state index in [0.717, 1.165) is 43.8 Å². The second kappa shape index (κ2) is 7.77. The number of hydrogen-bond acceptors (Lipinski definition) is 6. The summed E-state index contributed by atoms with van der Waals surface area (Å²) in [7, 11) is -3.78. The van der Waals surface area contributed by atoms with Crippen LogP contribution in [0.25, 0.3) is 0 Å². The van der Waals surface area contributed by atoms with Crippen LogP contribution in [0.4, 0.5) is 5.69 Å². The van der Waals surface area contributed by atoms with Crippen molar-refractivity contribution in [3.05, 3.63) is 28.3 Å². The summed E-state index contributed by atoms with van der Waals surface area (Å²) in [5.41, 5.74) is -0.256. The lowest BCUT2D eigenvalue weighted by atomic mass is 10.3. The largest absolute Gasteiger partial charge is 0.357 e. The molecule has 2 rings (SSSR count). The smallest absolute Gasteiger partial charge is 0.284 e. The van der Waals surface area contributed by atoms with E-state index in [1.54, 1.807) is 13.8 Å². The fourth-order valence-electron chi connectivity index (χ4n) is 2.33. The minimum Gasteiger partial charge on any atom is -0.357 e. The molecule has 0 unspecified atom stereocenters. The first-order valence-electron chi connectivity index (χ1n) is 7.48. The number of nitro benzene ring substituents is 1. The zero-order chi connectivity index (χ0) is 17.9. The Labute approximate surface area is 151 Å². The van der Waals surface area contributed by atoms with Gasteiger partial charge in [0.25, 0.3) is 5.69 Å². The highest BCUT2D eigenvalue weighted by Crippen LogP contribution is 2.33. The Hall–Kier alpha value is -1.23. The van der Waals surface area contributed by atoms with Crippen LogP contribution in [0.15, 0.2) is 28.0 Å². The van der Waals surface area contributed by atoms with Gasteiger partial charge in [-0.25, -0.2) is 13.1 Å². The SMILES string of the molecule is CC(C)NS(=O)(=O)c1ccc(SC(=S)N2CCCC2)c([N+](=O)[O-])c1. The van der Waals surface area contributed by atoms with Crippen molar-refractivity contribution >= 4 is 44.0 Å². The molecular formula is C14H19N3O4S3. The Kier molecular flexibility index (Phi) is 6.18. The quantitative estimate of drug-likeness (QED) is 0.358. The van der Waals surface area contributed by atoms with Crippen molar-refractivity contribution in [3.63, 3.8) is 0 Å². The van der Waals surface area contributed by atoms with Gasteiger partial charge in [0.2, 0.25) is 10.0 Å². The van der Waals surface area contributed by atoms with E-state index in [0.29, 0.717) is 9.22 Å². The lowest BCUT2D eigenvalue weighted by molar-refractivity contribution is -0.387. The average Bonchev–Trinajstić information content (AvgIpc) is 3.00. The van der Waals surface area contributed by atoms with Crippen LogP contribution in [0.2, 0.25) is 0 Å². The van der Waals surface area contributed by atoms with E-state index in [4.69, 9.17) is 12.2 Å². The minimum atomic E-state index is -3.78. The van der Waals surface area contributed by atoms with Gasteiger partial charge in [-0.1, -0.05) is 24.0 Å². The van der Waals surface area contributed by atoms with Crippen LogP contribution in [-0.2, 0) is 10.0 Å². The first-order valence-corrected chi connectivity index (χ1v) is 10.2. The van der Waals surface area contributed by atoms with E-state index >= 15 is 0 Å². The number of sulfonamides is 1. The second-order valence-electron chi connectivity index (χ2n) is 5.72. The first kappa shape index (κ1) is 19.1. The van der Waals surface area contributed by atoms with Gasteiger partial charge in [-0.05, 0) is 38.8 Å². The molecule has 0 atom stereocenters. The fraction of sp³-hybridized carbons (Fsp3) is 0.500. The van der Waals surface area contributed by atoms with Crippen molar-refractivity contribution in [2.45, 2.75) is 42.5 Å². The highest BCUT2D eigenvalue weighted by Gasteiger charge is 2.24. The van der Waals surface area contributed by atoms with E-state index in [2.05, 4.69) is 4.72 Å². The molecule has 1 N–H and O–H groups in total. The number of nitrogens with zero attached hydrogens (tertiary/aromatic N) is 2. The summed E-state index contributed by atoms with van der Waals surface area (Å²) < 4.78 is 27.4. The molecule has 1 saturated heterocycles. The predicted octanol–water partition coefficient (Wildman–Crippen LogP) is 2.75. The zero-order valence-corrected chi connectivity index (χ0v) is 15.8. The molecule has 1 heterocycles. The van der Waals surface area contributed by atoms with Gasteiger partial charge in [-0.15, -0.1) is 0 Å². The molecule has 0 saturated carbocycles. The predicted molar refractivity (Wildman–Crippen MR) is 97.8 cm³/mol. The lowest BCUT2D eigenvalue weighted by Gasteiger charge is -2.17. The van der Waals surface area contributed by atoms with E-state index in [1.807, 2.05) is 4.90 Å². The van der Waals surface area contributed by atoms with E-state index in [1.165, 1.54) is 12.1 Å². The number of likely N-dealkylation sites (tertiary alicyclic amines) is 1. The molecule has 0 amide bonds. The molecule has 1 aliphatic heterocycles. The van der Waals surface area contributed by atoms with Crippen molar-refractivity contribution in [2.75, 3.05) is 13.1 Å². The summed E-state index contributed by atoms with van der Waals surface area (Å²) in [5.74, 6) is 0. The molecule has 1 fully saturated rings. The number of nitro groups is 1. The topological polar surface area (TPSA) is 92.6 Å². The first-order chi connectivity index (χ1) is 11.2. The van der Waals surface area contributed by atoms with Gasteiger partial charge in [0, 0.05) is 25.2 Å². The molecule has 1 aliphatic rings. The lowest BCUT2D eigenvalue weighted by Crippen LogP contribution is -2.30. The molecule has 24 heavy (non-hydrogen) atoms. The number of thioether (sulfide) groups is 1. The van der Waals surface area contributed by atoms with Gasteiger partial charge in [0.1, 0.15) is 4.32 Å². The maximum absolute atomic E-state index is 12.2. The third-order valence-corrected chi connectivity index (χ3v) is 6.55. The van der Waals surface area contributed by atoms with Crippen molar-refractivity contribution < 1.29 is 13.3 Å². The van der Waals surface area contributed by atoms with E-state index in [9.17, 15) is 18.5 Å². The Bertz CT molecular complexity index is 744. The van der Waals surface area contributed by atoms with Crippen molar-refractivity contribution in [1.82, 2.24) is 9.62 Å². The molecule has 0 bridgehead atoms. The van der Waals surface area contributed by atoms with Crippen LogP contribution in [-0.4, -0.2) is 41.7 Å². The number of thiocarbonyl (C=S) groups is 1. The van der Waals surface area contributed by atoms with E-state index < -0.39 is 14.9 Å². The van der Waals surface area contributed by atoms with Crippen LogP contribution in [0.5, 0.6) is 0 Å². The maximum atomic E-state index is 12.2. The van der Waals surface area contributed by atoms with Crippen molar-refractivity contribution in [2.24, 2.45) is 0 Å². The molecule has 7 nitrogen and oxygen atoms in total. The molecule has 0 aromatic heterocycles. The molecule has 0 spiro atoms. The van der Waals surface area contributed by atoms with Gasteiger partial charge in [-0.2, -0.15) is 0 Å².